The predicted molar refractivity (Wildman–Crippen MR) is 72.7 cm³/mol. The summed E-state index contributed by atoms with van der Waals surface area (Å²) >= 11 is 0. The summed E-state index contributed by atoms with van der Waals surface area (Å²) in [5, 5.41) is 2.79. The van der Waals surface area contributed by atoms with Crippen molar-refractivity contribution in [2.45, 2.75) is 37.6 Å². The zero-order valence-corrected chi connectivity index (χ0v) is 11.5. The van der Waals surface area contributed by atoms with E-state index in [0.717, 1.165) is 37.5 Å². The lowest BCUT2D eigenvalue weighted by molar-refractivity contribution is -0.137. The van der Waals surface area contributed by atoms with E-state index in [9.17, 15) is 18.4 Å². The highest BCUT2D eigenvalue weighted by molar-refractivity contribution is 6.09. The second-order valence-corrected chi connectivity index (χ2v) is 5.71. The summed E-state index contributed by atoms with van der Waals surface area (Å²) in [7, 11) is 0. The molecule has 2 fully saturated rings. The van der Waals surface area contributed by atoms with Gasteiger partial charge in [0, 0.05) is 6.07 Å². The van der Waals surface area contributed by atoms with Crippen LogP contribution in [0, 0.1) is 11.6 Å². The van der Waals surface area contributed by atoms with Crippen molar-refractivity contribution in [1.82, 2.24) is 5.32 Å². The molecule has 1 spiro atoms. The van der Waals surface area contributed by atoms with E-state index < -0.39 is 17.2 Å². The molecule has 2 aliphatic rings. The number of nitrogens with zero attached hydrogens (tertiary/aromatic N) is 1. The van der Waals surface area contributed by atoms with Gasteiger partial charge in [-0.05, 0) is 25.0 Å². The average molecular weight is 294 g/mol. The highest BCUT2D eigenvalue weighted by atomic mass is 19.1. The Morgan fingerprint density at radius 2 is 1.62 bits per heavy atom. The number of carbonyl (C=O) groups is 2. The molecule has 6 heteroatoms. The number of halogens is 2. The zero-order chi connectivity index (χ0) is 15.0. The summed E-state index contributed by atoms with van der Waals surface area (Å²) in [6, 6.07) is 2.90. The zero-order valence-electron chi connectivity index (χ0n) is 11.5. The third kappa shape index (κ3) is 2.50. The maximum atomic E-state index is 13.4. The Labute approximate surface area is 121 Å². The molecule has 1 N–H and O–H groups in total. The molecule has 0 aromatic heterocycles. The molecule has 1 saturated carbocycles. The fourth-order valence-corrected chi connectivity index (χ4v) is 3.23. The van der Waals surface area contributed by atoms with Crippen molar-refractivity contribution in [2.75, 3.05) is 11.4 Å². The molecule has 0 bridgehead atoms. The van der Waals surface area contributed by atoms with Crippen molar-refractivity contribution in [3.05, 3.63) is 29.8 Å². The Kier molecular flexibility index (Phi) is 3.39. The number of amides is 2. The smallest absolute Gasteiger partial charge is 0.253 e. The van der Waals surface area contributed by atoms with Crippen LogP contribution in [0.4, 0.5) is 14.5 Å². The van der Waals surface area contributed by atoms with Crippen LogP contribution < -0.4 is 10.2 Å². The van der Waals surface area contributed by atoms with Gasteiger partial charge < -0.3 is 10.2 Å². The number of hydrogen-bond acceptors (Lipinski definition) is 2. The number of rotatable bonds is 1. The summed E-state index contributed by atoms with van der Waals surface area (Å²) in [4.78, 5) is 25.9. The molecule has 0 radical (unpaired) electrons. The van der Waals surface area contributed by atoms with Gasteiger partial charge in [-0.1, -0.05) is 19.3 Å². The third-order valence-electron chi connectivity index (χ3n) is 4.20. The molecule has 1 saturated heterocycles. The standard InChI is InChI=1S/C15H16F2N2O2/c16-10-6-11(17)8-12(7-10)19-9-13(20)18-15(14(19)21)4-2-1-3-5-15/h6-8H,1-5,9H2,(H,18,20). The van der Waals surface area contributed by atoms with E-state index in [-0.39, 0.29) is 24.0 Å². The van der Waals surface area contributed by atoms with E-state index in [1.165, 1.54) is 4.90 Å². The van der Waals surface area contributed by atoms with Crippen molar-refractivity contribution in [1.29, 1.82) is 0 Å². The number of carbonyl (C=O) groups excluding carboxylic acids is 2. The molecule has 1 aromatic carbocycles. The lowest BCUT2D eigenvalue weighted by Crippen LogP contribution is -2.67. The lowest BCUT2D eigenvalue weighted by atomic mass is 9.79. The first-order chi connectivity index (χ1) is 10.00. The fraction of sp³-hybridized carbons (Fsp3) is 0.467. The first kappa shape index (κ1) is 14.0. The minimum atomic E-state index is -0.906. The molecule has 1 aromatic rings. The third-order valence-corrected chi connectivity index (χ3v) is 4.20. The minimum absolute atomic E-state index is 0.0947. The van der Waals surface area contributed by atoms with Crippen molar-refractivity contribution in [3.63, 3.8) is 0 Å². The van der Waals surface area contributed by atoms with Crippen molar-refractivity contribution < 1.29 is 18.4 Å². The summed E-state index contributed by atoms with van der Waals surface area (Å²) in [5.41, 5.74) is -0.812. The van der Waals surface area contributed by atoms with Crippen LogP contribution in [0.25, 0.3) is 0 Å². The van der Waals surface area contributed by atoms with Gasteiger partial charge in [-0.2, -0.15) is 0 Å². The Hall–Kier alpha value is -1.98. The topological polar surface area (TPSA) is 49.4 Å². The van der Waals surface area contributed by atoms with Gasteiger partial charge in [0.15, 0.2) is 0 Å². The van der Waals surface area contributed by atoms with E-state index >= 15 is 0 Å². The van der Waals surface area contributed by atoms with Crippen LogP contribution in [-0.2, 0) is 9.59 Å². The lowest BCUT2D eigenvalue weighted by Gasteiger charge is -2.44. The van der Waals surface area contributed by atoms with Crippen molar-refractivity contribution in [3.8, 4) is 0 Å². The number of benzene rings is 1. The van der Waals surface area contributed by atoms with Gasteiger partial charge in [0.05, 0.1) is 5.69 Å². The molecule has 112 valence electrons. The van der Waals surface area contributed by atoms with Crippen LogP contribution in [-0.4, -0.2) is 23.9 Å². The van der Waals surface area contributed by atoms with Gasteiger partial charge in [-0.15, -0.1) is 0 Å². The number of piperazine rings is 1. The average Bonchev–Trinajstić information content (AvgIpc) is 2.43. The maximum Gasteiger partial charge on any atom is 0.253 e. The summed E-state index contributed by atoms with van der Waals surface area (Å²) in [5.74, 6) is -2.09. The molecular weight excluding hydrogens is 278 g/mol. The molecule has 1 aliphatic heterocycles. The van der Waals surface area contributed by atoms with Crippen LogP contribution in [0.15, 0.2) is 18.2 Å². The van der Waals surface area contributed by atoms with Crippen LogP contribution in [0.2, 0.25) is 0 Å². The Morgan fingerprint density at radius 1 is 1.00 bits per heavy atom. The van der Waals surface area contributed by atoms with E-state index in [4.69, 9.17) is 0 Å². The molecule has 0 atom stereocenters. The van der Waals surface area contributed by atoms with Crippen molar-refractivity contribution >= 4 is 17.5 Å². The van der Waals surface area contributed by atoms with Gasteiger partial charge in [0.25, 0.3) is 5.91 Å². The molecule has 4 nitrogen and oxygen atoms in total. The maximum absolute atomic E-state index is 13.4. The quantitative estimate of drug-likeness (QED) is 0.862. The molecule has 3 rings (SSSR count). The van der Waals surface area contributed by atoms with E-state index in [0.29, 0.717) is 12.8 Å². The Bertz CT molecular complexity index is 577. The second kappa shape index (κ2) is 5.09. The van der Waals surface area contributed by atoms with E-state index in [2.05, 4.69) is 5.32 Å². The Balaban J connectivity index is 1.97. The number of anilines is 1. The Morgan fingerprint density at radius 3 is 2.24 bits per heavy atom. The highest BCUT2D eigenvalue weighted by Crippen LogP contribution is 2.34. The molecule has 1 aliphatic carbocycles. The van der Waals surface area contributed by atoms with Crippen LogP contribution in [0.1, 0.15) is 32.1 Å². The predicted octanol–water partition coefficient (Wildman–Crippen LogP) is 2.13. The molecule has 1 heterocycles. The first-order valence-corrected chi connectivity index (χ1v) is 7.09. The molecule has 0 unspecified atom stereocenters. The summed E-state index contributed by atoms with van der Waals surface area (Å²) in [6.07, 6.45) is 3.89. The second-order valence-electron chi connectivity index (χ2n) is 5.71. The van der Waals surface area contributed by atoms with Gasteiger partial charge in [-0.25, -0.2) is 8.78 Å². The molecular formula is C15H16F2N2O2. The monoisotopic (exact) mass is 294 g/mol. The minimum Gasteiger partial charge on any atom is -0.340 e. The van der Waals surface area contributed by atoms with Gasteiger partial charge in [-0.3, -0.25) is 9.59 Å². The van der Waals surface area contributed by atoms with Crippen LogP contribution >= 0.6 is 0 Å². The van der Waals surface area contributed by atoms with Gasteiger partial charge >= 0.3 is 0 Å². The van der Waals surface area contributed by atoms with Gasteiger partial charge in [0.2, 0.25) is 5.91 Å². The summed E-state index contributed by atoms with van der Waals surface area (Å²) < 4.78 is 26.7. The number of hydrogen-bond donors (Lipinski definition) is 1. The van der Waals surface area contributed by atoms with Crippen LogP contribution in [0.5, 0.6) is 0 Å². The van der Waals surface area contributed by atoms with Gasteiger partial charge in [0.1, 0.15) is 23.7 Å². The largest absolute Gasteiger partial charge is 0.340 e. The fourth-order valence-electron chi connectivity index (χ4n) is 3.23. The molecule has 2 amide bonds. The molecule has 21 heavy (non-hydrogen) atoms. The first-order valence-electron chi connectivity index (χ1n) is 7.09. The summed E-state index contributed by atoms with van der Waals surface area (Å²) in [6.45, 7) is -0.205. The van der Waals surface area contributed by atoms with E-state index in [1.54, 1.807) is 0 Å². The van der Waals surface area contributed by atoms with Crippen molar-refractivity contribution in [2.24, 2.45) is 0 Å². The highest BCUT2D eigenvalue weighted by Gasteiger charge is 2.47. The normalized spacial score (nSPS) is 21.5. The van der Waals surface area contributed by atoms with Crippen LogP contribution in [0.3, 0.4) is 0 Å². The van der Waals surface area contributed by atoms with E-state index in [1.807, 2.05) is 0 Å². The number of nitrogens with one attached hydrogen (secondary N) is 1. The SMILES string of the molecule is O=C1CN(c2cc(F)cc(F)c2)C(=O)C2(CCCCC2)N1.